The third-order valence-corrected chi connectivity index (χ3v) is 2.82. The number of rotatable bonds is 1. The predicted octanol–water partition coefficient (Wildman–Crippen LogP) is 1.69. The zero-order valence-corrected chi connectivity index (χ0v) is 8.29. The molecule has 0 amide bonds. The summed E-state index contributed by atoms with van der Waals surface area (Å²) in [7, 11) is -3.34. The van der Waals surface area contributed by atoms with Crippen LogP contribution in [0.2, 0.25) is 0 Å². The molecule has 0 radical (unpaired) electrons. The maximum absolute atomic E-state index is 13.1. The van der Waals surface area contributed by atoms with E-state index in [9.17, 15) is 21.6 Å². The van der Waals surface area contributed by atoms with Crippen molar-refractivity contribution in [3.05, 3.63) is 28.6 Å². The van der Waals surface area contributed by atoms with Crippen LogP contribution in [0.25, 0.3) is 0 Å². The molecule has 0 spiro atoms. The molecule has 0 heterocycles. The maximum Gasteiger partial charge on any atom is 0.177 e. The number of halogens is 3. The van der Waals surface area contributed by atoms with Gasteiger partial charge >= 0.3 is 0 Å². The van der Waals surface area contributed by atoms with Crippen molar-refractivity contribution in [2.75, 3.05) is 0 Å². The van der Waals surface area contributed by atoms with Gasteiger partial charge in [-0.2, -0.15) is 0 Å². The molecule has 0 unspecified atom stereocenters. The van der Waals surface area contributed by atoms with E-state index in [2.05, 4.69) is 0 Å². The van der Waals surface area contributed by atoms with E-state index in [0.29, 0.717) is 0 Å². The average Bonchev–Trinajstić information content (AvgIpc) is 2.11. The van der Waals surface area contributed by atoms with Crippen molar-refractivity contribution in [1.29, 1.82) is 0 Å². The van der Waals surface area contributed by atoms with Crippen molar-refractivity contribution in [3.63, 3.8) is 0 Å². The summed E-state index contributed by atoms with van der Waals surface area (Å²) in [5.74, 6) is -4.00. The first-order chi connectivity index (χ1) is 6.37. The summed E-state index contributed by atoms with van der Waals surface area (Å²) < 4.78 is 60.1. The molecule has 0 aliphatic heterocycles. The predicted molar refractivity (Wildman–Crippen MR) is 44.4 cm³/mol. The molecular formula is C8H7F3O2S. The van der Waals surface area contributed by atoms with E-state index < -0.39 is 44.2 Å². The summed E-state index contributed by atoms with van der Waals surface area (Å²) in [6.07, 6.45) is 0. The smallest absolute Gasteiger partial charge is 0.177 e. The molecule has 0 saturated heterocycles. The molecular weight excluding hydrogens is 217 g/mol. The molecule has 2 nitrogen and oxygen atoms in total. The molecule has 1 aromatic rings. The second-order valence-electron chi connectivity index (χ2n) is 2.80. The van der Waals surface area contributed by atoms with E-state index in [1.165, 1.54) is 0 Å². The van der Waals surface area contributed by atoms with Crippen molar-refractivity contribution in [1.82, 2.24) is 0 Å². The number of hydrogen-bond donors (Lipinski definition) is 1. The fourth-order valence-electron chi connectivity index (χ4n) is 1.13. The largest absolute Gasteiger partial charge is 0.227 e. The summed E-state index contributed by atoms with van der Waals surface area (Å²) in [6.45, 7) is 2.13. The zero-order chi connectivity index (χ0) is 11.0. The van der Waals surface area contributed by atoms with E-state index in [4.69, 9.17) is 0 Å². The molecule has 0 aliphatic rings. The van der Waals surface area contributed by atoms with Crippen molar-refractivity contribution in [3.8, 4) is 0 Å². The number of benzene rings is 1. The first kappa shape index (κ1) is 11.0. The summed E-state index contributed by atoms with van der Waals surface area (Å²) >= 11 is 0. The van der Waals surface area contributed by atoms with Crippen LogP contribution in [-0.4, -0.2) is 8.42 Å². The molecule has 78 valence electrons. The van der Waals surface area contributed by atoms with Gasteiger partial charge in [0.15, 0.2) is 22.3 Å². The quantitative estimate of drug-likeness (QED) is 0.581. The Bertz CT molecular complexity index is 429. The van der Waals surface area contributed by atoms with Gasteiger partial charge < -0.3 is 0 Å². The Morgan fingerprint density at radius 3 is 1.79 bits per heavy atom. The van der Waals surface area contributed by atoms with Gasteiger partial charge in [0, 0.05) is 11.1 Å². The lowest BCUT2D eigenvalue weighted by Gasteiger charge is -2.06. The molecule has 0 fully saturated rings. The van der Waals surface area contributed by atoms with Crippen LogP contribution >= 0.6 is 0 Å². The highest BCUT2D eigenvalue weighted by molar-refractivity contribution is 7.72. The van der Waals surface area contributed by atoms with Gasteiger partial charge in [-0.1, -0.05) is 0 Å². The second-order valence-corrected chi connectivity index (χ2v) is 3.76. The average molecular weight is 224 g/mol. The van der Waals surface area contributed by atoms with Crippen molar-refractivity contribution < 1.29 is 21.6 Å². The standard InChI is InChI=1S/C8H7F3O2S/c1-3-5(9)4(2)8(14(12)13)7(11)6(3)10/h14H,1-2H3. The Labute approximate surface area is 80.3 Å². The summed E-state index contributed by atoms with van der Waals surface area (Å²) in [4.78, 5) is -0.916. The molecule has 0 aromatic heterocycles. The Morgan fingerprint density at radius 2 is 1.36 bits per heavy atom. The highest BCUT2D eigenvalue weighted by Crippen LogP contribution is 2.24. The van der Waals surface area contributed by atoms with Gasteiger partial charge in [0.05, 0.1) is 0 Å². The van der Waals surface area contributed by atoms with Crippen molar-refractivity contribution in [2.24, 2.45) is 0 Å². The number of thiol groups is 1. The summed E-state index contributed by atoms with van der Waals surface area (Å²) in [5, 5.41) is 0. The van der Waals surface area contributed by atoms with Crippen LogP contribution in [0.5, 0.6) is 0 Å². The van der Waals surface area contributed by atoms with Gasteiger partial charge in [0.1, 0.15) is 10.7 Å². The van der Waals surface area contributed by atoms with Crippen LogP contribution in [-0.2, 0) is 10.7 Å². The molecule has 0 atom stereocenters. The monoisotopic (exact) mass is 224 g/mol. The zero-order valence-electron chi connectivity index (χ0n) is 7.40. The Morgan fingerprint density at radius 1 is 0.857 bits per heavy atom. The summed E-state index contributed by atoms with van der Waals surface area (Å²) in [6, 6.07) is 0. The van der Waals surface area contributed by atoms with Crippen molar-refractivity contribution in [2.45, 2.75) is 18.7 Å². The Hall–Kier alpha value is -1.04. The van der Waals surface area contributed by atoms with E-state index in [1.807, 2.05) is 0 Å². The van der Waals surface area contributed by atoms with Gasteiger partial charge in [-0.25, -0.2) is 21.6 Å². The fraction of sp³-hybridized carbons (Fsp3) is 0.250. The third-order valence-electron chi connectivity index (χ3n) is 1.93. The lowest BCUT2D eigenvalue weighted by atomic mass is 10.1. The highest BCUT2D eigenvalue weighted by Gasteiger charge is 2.21. The minimum absolute atomic E-state index is 0.391. The van der Waals surface area contributed by atoms with Crippen LogP contribution in [0.15, 0.2) is 4.90 Å². The van der Waals surface area contributed by atoms with E-state index in [-0.39, 0.29) is 0 Å². The lowest BCUT2D eigenvalue weighted by molar-refractivity contribution is 0.460. The minimum Gasteiger partial charge on any atom is -0.227 e. The lowest BCUT2D eigenvalue weighted by Crippen LogP contribution is -2.03. The Balaban J connectivity index is 3.77. The van der Waals surface area contributed by atoms with Gasteiger partial charge in [-0.15, -0.1) is 0 Å². The summed E-state index contributed by atoms with van der Waals surface area (Å²) in [5.41, 5.74) is -0.905. The number of hydrogen-bond acceptors (Lipinski definition) is 2. The van der Waals surface area contributed by atoms with Gasteiger partial charge in [0.25, 0.3) is 0 Å². The maximum atomic E-state index is 13.1. The molecule has 1 aromatic carbocycles. The van der Waals surface area contributed by atoms with Crippen LogP contribution in [0, 0.1) is 31.3 Å². The molecule has 0 aliphatic carbocycles. The van der Waals surface area contributed by atoms with Gasteiger partial charge in [-0.3, -0.25) is 0 Å². The second kappa shape index (κ2) is 3.61. The van der Waals surface area contributed by atoms with Gasteiger partial charge in [-0.05, 0) is 13.8 Å². The topological polar surface area (TPSA) is 34.1 Å². The van der Waals surface area contributed by atoms with Gasteiger partial charge in [0.2, 0.25) is 0 Å². The molecule has 14 heavy (non-hydrogen) atoms. The van der Waals surface area contributed by atoms with E-state index in [0.717, 1.165) is 13.8 Å². The molecule has 6 heteroatoms. The minimum atomic E-state index is -3.34. The van der Waals surface area contributed by atoms with E-state index in [1.54, 1.807) is 0 Å². The van der Waals surface area contributed by atoms with Crippen LogP contribution in [0.3, 0.4) is 0 Å². The SMILES string of the molecule is Cc1c(F)c(C)c([SH](=O)=O)c(F)c1F. The highest BCUT2D eigenvalue weighted by atomic mass is 32.2. The van der Waals surface area contributed by atoms with Crippen LogP contribution in [0.1, 0.15) is 11.1 Å². The van der Waals surface area contributed by atoms with Crippen LogP contribution in [0.4, 0.5) is 13.2 Å². The molecule has 0 bridgehead atoms. The third kappa shape index (κ3) is 1.50. The van der Waals surface area contributed by atoms with E-state index >= 15 is 0 Å². The van der Waals surface area contributed by atoms with Crippen LogP contribution < -0.4 is 0 Å². The fourth-order valence-corrected chi connectivity index (χ4v) is 1.76. The first-order valence-electron chi connectivity index (χ1n) is 3.66. The molecule has 1 rings (SSSR count). The molecule has 0 saturated carbocycles. The Kier molecular flexibility index (Phi) is 2.84. The normalized spacial score (nSPS) is 11.0. The first-order valence-corrected chi connectivity index (χ1v) is 4.83. The molecule has 0 N–H and O–H groups in total. The van der Waals surface area contributed by atoms with Crippen molar-refractivity contribution >= 4 is 10.7 Å².